The molecule has 3 atom stereocenters. The third-order valence-corrected chi connectivity index (χ3v) is 6.97. The predicted octanol–water partition coefficient (Wildman–Crippen LogP) is 4.00. The molecule has 1 aromatic carbocycles. The van der Waals surface area contributed by atoms with Crippen LogP contribution in [0.1, 0.15) is 54.0 Å². The number of rotatable bonds is 4. The van der Waals surface area contributed by atoms with Crippen LogP contribution in [-0.2, 0) is 12.8 Å². The van der Waals surface area contributed by atoms with Crippen molar-refractivity contribution in [2.75, 3.05) is 25.5 Å². The summed E-state index contributed by atoms with van der Waals surface area (Å²) in [5.41, 5.74) is 3.82. The number of hydrogen-bond acceptors (Lipinski definition) is 5. The van der Waals surface area contributed by atoms with E-state index in [-0.39, 0.29) is 12.1 Å². The molecule has 1 N–H and O–H groups in total. The molecule has 1 unspecified atom stereocenters. The second-order valence-electron chi connectivity index (χ2n) is 9.11. The first-order chi connectivity index (χ1) is 15.2. The van der Waals surface area contributed by atoms with Crippen molar-refractivity contribution in [2.45, 2.75) is 50.3 Å². The van der Waals surface area contributed by atoms with Crippen molar-refractivity contribution in [1.82, 2.24) is 19.4 Å². The Kier molecular flexibility index (Phi) is 4.68. The van der Waals surface area contributed by atoms with Gasteiger partial charge in [-0.1, -0.05) is 30.3 Å². The molecule has 0 bridgehead atoms. The number of anilines is 1. The summed E-state index contributed by atoms with van der Waals surface area (Å²) in [6.07, 6.45) is 7.39. The van der Waals surface area contributed by atoms with Gasteiger partial charge in [-0.25, -0.2) is 9.97 Å². The van der Waals surface area contributed by atoms with Crippen molar-refractivity contribution in [3.8, 4) is 5.88 Å². The van der Waals surface area contributed by atoms with E-state index in [4.69, 9.17) is 9.72 Å². The first-order valence-corrected chi connectivity index (χ1v) is 11.5. The van der Waals surface area contributed by atoms with Crippen LogP contribution in [-0.4, -0.2) is 45.7 Å². The van der Waals surface area contributed by atoms with E-state index in [1.165, 1.54) is 28.5 Å². The van der Waals surface area contributed by atoms with Crippen LogP contribution < -0.4 is 10.1 Å². The number of ether oxygens (including phenoxy) is 1. The standard InChI is InChI=1S/C25H29N5O/c1-29-14-12-19(16-29)31-24-15-18(11-13-26-24)20-7-8-21-25(28-20)30-22(9-10-23(30)27-21)17-5-3-2-4-6-17/h2-6,11,13,15,19-20,22,28H,7-10,12,14,16H2,1H3/t19-,20+,22?/m0/s1. The number of hydrogen-bond donors (Lipinski definition) is 1. The van der Waals surface area contributed by atoms with Gasteiger partial charge in [-0.3, -0.25) is 0 Å². The monoisotopic (exact) mass is 415 g/mol. The number of benzene rings is 1. The maximum atomic E-state index is 6.18. The van der Waals surface area contributed by atoms with Gasteiger partial charge < -0.3 is 19.5 Å². The fourth-order valence-electron chi connectivity index (χ4n) is 5.39. The number of pyridine rings is 1. The zero-order valence-electron chi connectivity index (χ0n) is 18.0. The molecular formula is C25H29N5O. The zero-order valence-corrected chi connectivity index (χ0v) is 18.0. The van der Waals surface area contributed by atoms with E-state index in [0.717, 1.165) is 51.1 Å². The maximum Gasteiger partial charge on any atom is 0.213 e. The average molecular weight is 416 g/mol. The molecule has 0 spiro atoms. The minimum absolute atomic E-state index is 0.239. The topological polar surface area (TPSA) is 55.2 Å². The van der Waals surface area contributed by atoms with E-state index in [0.29, 0.717) is 6.04 Å². The third kappa shape index (κ3) is 3.49. The molecule has 6 heteroatoms. The number of likely N-dealkylation sites (N-methyl/N-ethyl adjacent to an activating group) is 1. The van der Waals surface area contributed by atoms with Crippen molar-refractivity contribution in [1.29, 1.82) is 0 Å². The van der Waals surface area contributed by atoms with Gasteiger partial charge in [0.2, 0.25) is 5.88 Å². The lowest BCUT2D eigenvalue weighted by Gasteiger charge is -2.28. The Morgan fingerprint density at radius 1 is 1.03 bits per heavy atom. The predicted molar refractivity (Wildman–Crippen MR) is 121 cm³/mol. The number of nitrogens with zero attached hydrogens (tertiary/aromatic N) is 4. The smallest absolute Gasteiger partial charge is 0.213 e. The summed E-state index contributed by atoms with van der Waals surface area (Å²) in [5.74, 6) is 3.16. The van der Waals surface area contributed by atoms with Crippen LogP contribution in [0.3, 0.4) is 0 Å². The van der Waals surface area contributed by atoms with Gasteiger partial charge in [-0.05, 0) is 49.9 Å². The molecule has 1 fully saturated rings. The molecule has 2 aromatic heterocycles. The Morgan fingerprint density at radius 3 is 2.77 bits per heavy atom. The SMILES string of the molecule is CN1CC[C@H](Oc2cc([C@H]3CCc4nc5n(c4N3)C(c3ccccc3)CC5)ccn2)C1. The largest absolute Gasteiger partial charge is 0.473 e. The second kappa shape index (κ2) is 7.68. The van der Waals surface area contributed by atoms with E-state index in [1.807, 2.05) is 6.20 Å². The molecule has 3 aliphatic rings. The molecule has 5 heterocycles. The summed E-state index contributed by atoms with van der Waals surface area (Å²) in [5, 5.41) is 3.83. The van der Waals surface area contributed by atoms with Crippen molar-refractivity contribution in [2.24, 2.45) is 0 Å². The lowest BCUT2D eigenvalue weighted by atomic mass is 9.98. The molecule has 31 heavy (non-hydrogen) atoms. The highest BCUT2D eigenvalue weighted by Gasteiger charge is 2.33. The highest BCUT2D eigenvalue weighted by atomic mass is 16.5. The Bertz CT molecular complexity index is 1080. The summed E-state index contributed by atoms with van der Waals surface area (Å²) in [6.45, 7) is 2.06. The summed E-state index contributed by atoms with van der Waals surface area (Å²) >= 11 is 0. The van der Waals surface area contributed by atoms with Crippen LogP contribution in [0.25, 0.3) is 0 Å². The van der Waals surface area contributed by atoms with Crippen LogP contribution in [0.4, 0.5) is 5.82 Å². The van der Waals surface area contributed by atoms with Gasteiger partial charge >= 0.3 is 0 Å². The number of nitrogens with one attached hydrogen (secondary N) is 1. The molecular weight excluding hydrogens is 386 g/mol. The Balaban J connectivity index is 1.25. The molecule has 6 rings (SSSR count). The lowest BCUT2D eigenvalue weighted by Crippen LogP contribution is -2.23. The Morgan fingerprint density at radius 2 is 1.94 bits per heavy atom. The minimum atomic E-state index is 0.239. The van der Waals surface area contributed by atoms with Crippen molar-refractivity contribution >= 4 is 5.82 Å². The van der Waals surface area contributed by atoms with Gasteiger partial charge in [0.15, 0.2) is 0 Å². The number of likely N-dealkylation sites (tertiary alicyclic amines) is 1. The summed E-state index contributed by atoms with van der Waals surface area (Å²) in [7, 11) is 2.14. The van der Waals surface area contributed by atoms with Gasteiger partial charge in [-0.15, -0.1) is 0 Å². The zero-order chi connectivity index (χ0) is 20.8. The van der Waals surface area contributed by atoms with Crippen LogP contribution in [0.15, 0.2) is 48.7 Å². The first-order valence-electron chi connectivity index (χ1n) is 11.5. The molecule has 0 amide bonds. The lowest BCUT2D eigenvalue weighted by molar-refractivity contribution is 0.200. The molecule has 160 valence electrons. The number of aromatic nitrogens is 3. The van der Waals surface area contributed by atoms with Gasteiger partial charge in [0.05, 0.1) is 17.8 Å². The minimum Gasteiger partial charge on any atom is -0.473 e. The van der Waals surface area contributed by atoms with Gasteiger partial charge in [0.1, 0.15) is 17.7 Å². The fourth-order valence-corrected chi connectivity index (χ4v) is 5.39. The highest BCUT2D eigenvalue weighted by molar-refractivity contribution is 5.51. The molecule has 0 radical (unpaired) electrons. The Hall–Kier alpha value is -2.86. The third-order valence-electron chi connectivity index (χ3n) is 6.97. The van der Waals surface area contributed by atoms with Crippen molar-refractivity contribution < 1.29 is 4.74 Å². The summed E-state index contributed by atoms with van der Waals surface area (Å²) in [4.78, 5) is 11.8. The molecule has 6 nitrogen and oxygen atoms in total. The quantitative estimate of drug-likeness (QED) is 0.698. The van der Waals surface area contributed by atoms with Crippen LogP contribution >= 0.6 is 0 Å². The van der Waals surface area contributed by atoms with Gasteiger partial charge in [0.25, 0.3) is 0 Å². The highest BCUT2D eigenvalue weighted by Crippen LogP contribution is 2.41. The van der Waals surface area contributed by atoms with Crippen LogP contribution in [0, 0.1) is 0 Å². The summed E-state index contributed by atoms with van der Waals surface area (Å²) < 4.78 is 8.63. The fraction of sp³-hybridized carbons (Fsp3) is 0.440. The van der Waals surface area contributed by atoms with Gasteiger partial charge in [0, 0.05) is 31.8 Å². The Labute approximate surface area is 183 Å². The average Bonchev–Trinajstić information content (AvgIpc) is 3.49. The molecule has 3 aromatic rings. The molecule has 3 aliphatic heterocycles. The second-order valence-corrected chi connectivity index (χ2v) is 9.11. The van der Waals surface area contributed by atoms with E-state index in [9.17, 15) is 0 Å². The van der Waals surface area contributed by atoms with E-state index >= 15 is 0 Å². The van der Waals surface area contributed by atoms with E-state index in [1.54, 1.807) is 0 Å². The van der Waals surface area contributed by atoms with Crippen molar-refractivity contribution in [3.05, 3.63) is 71.3 Å². The number of aryl methyl sites for hydroxylation is 2. The van der Waals surface area contributed by atoms with Crippen molar-refractivity contribution in [3.63, 3.8) is 0 Å². The maximum absolute atomic E-state index is 6.18. The normalized spacial score (nSPS) is 25.1. The number of fused-ring (bicyclic) bond motifs is 3. The molecule has 1 saturated heterocycles. The van der Waals surface area contributed by atoms with Gasteiger partial charge in [-0.2, -0.15) is 0 Å². The number of imidazole rings is 1. The van der Waals surface area contributed by atoms with Crippen LogP contribution in [0.2, 0.25) is 0 Å². The first kappa shape index (κ1) is 18.9. The summed E-state index contributed by atoms with van der Waals surface area (Å²) in [6, 6.07) is 15.7. The molecule has 0 saturated carbocycles. The van der Waals surface area contributed by atoms with E-state index < -0.39 is 0 Å². The molecule has 0 aliphatic carbocycles. The van der Waals surface area contributed by atoms with E-state index in [2.05, 4.69) is 69.3 Å². The van der Waals surface area contributed by atoms with Crippen LogP contribution in [0.5, 0.6) is 5.88 Å².